The predicted octanol–water partition coefficient (Wildman–Crippen LogP) is 17.0. The van der Waals surface area contributed by atoms with E-state index in [1.807, 2.05) is 0 Å². The fourth-order valence-corrected chi connectivity index (χ4v) is 14.2. The summed E-state index contributed by atoms with van der Waals surface area (Å²) < 4.78 is 0. The van der Waals surface area contributed by atoms with Crippen LogP contribution in [0.15, 0.2) is 164 Å². The lowest BCUT2D eigenvalue weighted by molar-refractivity contribution is 0.295. The normalized spacial score (nSPS) is 13.3. The SMILES string of the molecule is CCN(CC)Cc1cccc2c1Cc1c-2ccc2c1-c1ccccc1C2.CCN(CC)c1ccc2c(c1)-c1c(ccc3c1Cc1ccccc1-3)C2.CCN(CC)c1ccc2c(c1)Cc1ccc3c(c1-2)Cc1ccccc1-3. The van der Waals surface area contributed by atoms with Crippen LogP contribution < -0.4 is 9.80 Å². The average Bonchev–Trinajstić information content (AvgIpc) is 4.42. The molecule has 6 aliphatic carbocycles. The van der Waals surface area contributed by atoms with Gasteiger partial charge in [0.15, 0.2) is 0 Å². The first kappa shape index (κ1) is 48.2. The number of benzene rings is 9. The lowest BCUT2D eigenvalue weighted by Crippen LogP contribution is -2.22. The van der Waals surface area contributed by atoms with E-state index in [4.69, 9.17) is 0 Å². The van der Waals surface area contributed by atoms with E-state index < -0.39 is 0 Å². The van der Waals surface area contributed by atoms with Gasteiger partial charge in [0.25, 0.3) is 0 Å². The van der Waals surface area contributed by atoms with Crippen molar-refractivity contribution in [2.45, 2.75) is 86.6 Å². The molecule has 0 heterocycles. The molecule has 15 rings (SSSR count). The van der Waals surface area contributed by atoms with Crippen molar-refractivity contribution in [3.63, 3.8) is 0 Å². The van der Waals surface area contributed by atoms with E-state index in [1.54, 1.807) is 11.1 Å². The van der Waals surface area contributed by atoms with Crippen LogP contribution in [0.4, 0.5) is 11.4 Å². The Bertz CT molecular complexity index is 3730. The van der Waals surface area contributed by atoms with E-state index in [0.717, 1.165) is 84.3 Å². The molecule has 0 atom stereocenters. The fourth-order valence-electron chi connectivity index (χ4n) is 14.2. The van der Waals surface area contributed by atoms with Crippen molar-refractivity contribution in [2.24, 2.45) is 0 Å². The summed E-state index contributed by atoms with van der Waals surface area (Å²) in [6.45, 7) is 21.0. The van der Waals surface area contributed by atoms with Crippen molar-refractivity contribution in [1.82, 2.24) is 4.90 Å². The Hall–Kier alpha value is -7.46. The van der Waals surface area contributed by atoms with Gasteiger partial charge in [-0.1, -0.05) is 153 Å². The van der Waals surface area contributed by atoms with Gasteiger partial charge in [-0.25, -0.2) is 0 Å². The molecule has 0 spiro atoms. The first-order valence-electron chi connectivity index (χ1n) is 28.7. The maximum Gasteiger partial charge on any atom is 0.0372 e. The minimum atomic E-state index is 1.06. The molecule has 0 saturated heterocycles. The molecule has 0 amide bonds. The molecular formula is C73H71N3. The summed E-state index contributed by atoms with van der Waals surface area (Å²) in [5.41, 5.74) is 39.8. The van der Waals surface area contributed by atoms with Crippen molar-refractivity contribution in [3.05, 3.63) is 236 Å². The largest absolute Gasteiger partial charge is 0.372 e. The van der Waals surface area contributed by atoms with Gasteiger partial charge in [0.2, 0.25) is 0 Å². The van der Waals surface area contributed by atoms with Crippen LogP contribution in [0.25, 0.3) is 66.8 Å². The first-order valence-corrected chi connectivity index (χ1v) is 28.7. The molecule has 0 radical (unpaired) electrons. The summed E-state index contributed by atoms with van der Waals surface area (Å²) >= 11 is 0. The highest BCUT2D eigenvalue weighted by molar-refractivity contribution is 5.93. The summed E-state index contributed by atoms with van der Waals surface area (Å²) in [6, 6.07) is 61.9. The second kappa shape index (κ2) is 19.9. The van der Waals surface area contributed by atoms with Crippen LogP contribution in [0.1, 0.15) is 114 Å². The van der Waals surface area contributed by atoms with E-state index in [0.29, 0.717) is 0 Å². The van der Waals surface area contributed by atoms with Gasteiger partial charge in [0, 0.05) is 44.1 Å². The van der Waals surface area contributed by atoms with Crippen LogP contribution in [0.3, 0.4) is 0 Å². The molecule has 0 aromatic heterocycles. The zero-order chi connectivity index (χ0) is 51.6. The van der Waals surface area contributed by atoms with Gasteiger partial charge in [-0.15, -0.1) is 0 Å². The zero-order valence-corrected chi connectivity index (χ0v) is 45.6. The summed E-state index contributed by atoms with van der Waals surface area (Å²) in [4.78, 5) is 7.39. The molecule has 9 aromatic carbocycles. The maximum atomic E-state index is 2.51. The van der Waals surface area contributed by atoms with Gasteiger partial charge in [0.05, 0.1) is 0 Å². The van der Waals surface area contributed by atoms with Crippen molar-refractivity contribution in [1.29, 1.82) is 0 Å². The first-order chi connectivity index (χ1) is 37.4. The molecule has 6 aliphatic rings. The van der Waals surface area contributed by atoms with Gasteiger partial charge in [-0.2, -0.15) is 0 Å². The number of nitrogens with zero attached hydrogens (tertiary/aromatic N) is 3. The Labute approximate surface area is 452 Å². The summed E-state index contributed by atoms with van der Waals surface area (Å²) in [5, 5.41) is 0. The van der Waals surface area contributed by atoms with E-state index >= 15 is 0 Å². The molecule has 378 valence electrons. The third-order valence-electron chi connectivity index (χ3n) is 18.2. The Kier molecular flexibility index (Phi) is 12.6. The topological polar surface area (TPSA) is 9.72 Å². The third kappa shape index (κ3) is 8.04. The molecule has 3 heteroatoms. The zero-order valence-electron chi connectivity index (χ0n) is 45.6. The molecule has 3 nitrogen and oxygen atoms in total. The monoisotopic (exact) mass is 990 g/mol. The molecule has 76 heavy (non-hydrogen) atoms. The fraction of sp³-hybridized carbons (Fsp3) is 0.260. The number of hydrogen-bond acceptors (Lipinski definition) is 3. The summed E-state index contributed by atoms with van der Waals surface area (Å²) in [7, 11) is 0. The van der Waals surface area contributed by atoms with Gasteiger partial charge < -0.3 is 9.80 Å². The predicted molar refractivity (Wildman–Crippen MR) is 323 cm³/mol. The number of anilines is 2. The summed E-state index contributed by atoms with van der Waals surface area (Å²) in [5.74, 6) is 0. The van der Waals surface area contributed by atoms with Gasteiger partial charge in [-0.05, 0) is 243 Å². The summed E-state index contributed by atoms with van der Waals surface area (Å²) in [6.07, 6.45) is 6.47. The van der Waals surface area contributed by atoms with E-state index in [1.165, 1.54) is 139 Å². The third-order valence-corrected chi connectivity index (χ3v) is 18.2. The van der Waals surface area contributed by atoms with E-state index in [9.17, 15) is 0 Å². The quantitative estimate of drug-likeness (QED) is 0.135. The Balaban J connectivity index is 0.000000109. The van der Waals surface area contributed by atoms with Crippen LogP contribution in [0.5, 0.6) is 0 Å². The van der Waals surface area contributed by atoms with Crippen molar-refractivity contribution < 1.29 is 0 Å². The molecule has 0 unspecified atom stereocenters. The molecule has 9 aromatic rings. The molecule has 0 N–H and O–H groups in total. The standard InChI is InChI=1S/C25H25N.2C24H23N/c1-3-26(4-2)16-19-9-7-11-21-22-13-12-18-14-17-8-5-6-10-20(17)25(18)24(22)15-23(19)21;1-3-25(4-2)19-10-12-21-18(14-19)13-17-9-11-22-20-8-6-5-7-16(20)15-23(22)24(17)21;1-3-25(4-2)19-11-9-17-13-18-10-12-21-20-8-6-5-7-16(20)14-23(21)24(18)22(17)15-19/h5-13H,3-4,14-16H2,1-2H3;5-12,14H,3-4,13,15H2,1-2H3;5-12,15H,3-4,13-14H2,1-2H3. The minimum absolute atomic E-state index is 1.06. The number of hydrogen-bond donors (Lipinski definition) is 0. The molecule has 0 bridgehead atoms. The van der Waals surface area contributed by atoms with Gasteiger partial charge in [0.1, 0.15) is 0 Å². The van der Waals surface area contributed by atoms with Crippen molar-refractivity contribution in [3.8, 4) is 66.8 Å². The number of fused-ring (bicyclic) bond motifs is 21. The number of rotatable bonds is 10. The minimum Gasteiger partial charge on any atom is -0.372 e. The van der Waals surface area contributed by atoms with Crippen LogP contribution in [0.2, 0.25) is 0 Å². The van der Waals surface area contributed by atoms with Crippen LogP contribution in [0, 0.1) is 0 Å². The van der Waals surface area contributed by atoms with E-state index in [-0.39, 0.29) is 0 Å². The molecule has 0 saturated carbocycles. The Morgan fingerprint density at radius 1 is 0.276 bits per heavy atom. The second-order valence-electron chi connectivity index (χ2n) is 21.8. The molecule has 0 fully saturated rings. The Morgan fingerprint density at radius 3 is 1.24 bits per heavy atom. The van der Waals surface area contributed by atoms with Gasteiger partial charge >= 0.3 is 0 Å². The van der Waals surface area contributed by atoms with Crippen molar-refractivity contribution >= 4 is 11.4 Å². The van der Waals surface area contributed by atoms with E-state index in [2.05, 4.69) is 220 Å². The molecule has 0 aliphatic heterocycles. The highest BCUT2D eigenvalue weighted by atomic mass is 15.1. The lowest BCUT2D eigenvalue weighted by Gasteiger charge is -2.22. The second-order valence-corrected chi connectivity index (χ2v) is 21.8. The lowest BCUT2D eigenvalue weighted by atomic mass is 9.95. The Morgan fingerprint density at radius 2 is 0.671 bits per heavy atom. The van der Waals surface area contributed by atoms with Crippen LogP contribution in [-0.4, -0.2) is 44.2 Å². The highest BCUT2D eigenvalue weighted by Gasteiger charge is 2.32. The smallest absolute Gasteiger partial charge is 0.0372 e. The average molecular weight is 990 g/mol. The van der Waals surface area contributed by atoms with Gasteiger partial charge in [-0.3, -0.25) is 4.90 Å². The molecular weight excluding hydrogens is 919 g/mol. The maximum absolute atomic E-state index is 2.51. The van der Waals surface area contributed by atoms with Crippen LogP contribution in [-0.2, 0) is 45.1 Å². The highest BCUT2D eigenvalue weighted by Crippen LogP contribution is 2.51. The van der Waals surface area contributed by atoms with Crippen LogP contribution >= 0.6 is 0 Å². The van der Waals surface area contributed by atoms with Crippen molar-refractivity contribution in [2.75, 3.05) is 49.1 Å².